The van der Waals surface area contributed by atoms with Crippen molar-refractivity contribution in [3.63, 3.8) is 0 Å². The molecule has 0 aromatic heterocycles. The lowest BCUT2D eigenvalue weighted by Crippen LogP contribution is -2.45. The first-order valence-corrected chi connectivity index (χ1v) is 8.83. The molecule has 2 aliphatic heterocycles. The van der Waals surface area contributed by atoms with Crippen LogP contribution in [0.25, 0.3) is 0 Å². The van der Waals surface area contributed by atoms with Crippen LogP contribution in [0.2, 0.25) is 5.02 Å². The number of nitrogens with one attached hydrogen (secondary N) is 1. The number of amides is 1. The summed E-state index contributed by atoms with van der Waals surface area (Å²) in [4.78, 5) is 15.5. The maximum Gasteiger partial charge on any atom is 0.233 e. The highest BCUT2D eigenvalue weighted by Crippen LogP contribution is 2.44. The SMILES string of the molecule is Cl.O=C(N1C[C@H]2CNC[C@H]2C1)C1(c2cccc(Cl)c2)CCCC1. The monoisotopic (exact) mass is 354 g/mol. The second-order valence-electron chi connectivity index (χ2n) is 7.19. The third-order valence-electron chi connectivity index (χ3n) is 5.92. The van der Waals surface area contributed by atoms with Gasteiger partial charge in [0.2, 0.25) is 5.91 Å². The molecule has 1 aliphatic carbocycles. The van der Waals surface area contributed by atoms with E-state index in [2.05, 4.69) is 16.3 Å². The van der Waals surface area contributed by atoms with Gasteiger partial charge in [0.25, 0.3) is 0 Å². The first-order valence-electron chi connectivity index (χ1n) is 8.45. The van der Waals surface area contributed by atoms with E-state index in [4.69, 9.17) is 11.6 Å². The number of hydrogen-bond acceptors (Lipinski definition) is 2. The molecule has 126 valence electrons. The van der Waals surface area contributed by atoms with Crippen LogP contribution in [0.4, 0.5) is 0 Å². The minimum atomic E-state index is -0.322. The van der Waals surface area contributed by atoms with Crippen LogP contribution in [0.1, 0.15) is 31.2 Å². The van der Waals surface area contributed by atoms with Crippen molar-refractivity contribution in [2.24, 2.45) is 11.8 Å². The smallest absolute Gasteiger partial charge is 0.233 e. The summed E-state index contributed by atoms with van der Waals surface area (Å²) in [6, 6.07) is 7.97. The van der Waals surface area contributed by atoms with Crippen LogP contribution in [0.5, 0.6) is 0 Å². The Bertz CT molecular complexity index is 574. The zero-order chi connectivity index (χ0) is 15.2. The van der Waals surface area contributed by atoms with Crippen molar-refractivity contribution >= 4 is 29.9 Å². The van der Waals surface area contributed by atoms with Gasteiger partial charge in [0.1, 0.15) is 0 Å². The summed E-state index contributed by atoms with van der Waals surface area (Å²) in [5, 5.41) is 4.18. The quantitative estimate of drug-likeness (QED) is 0.883. The molecule has 2 heterocycles. The van der Waals surface area contributed by atoms with Gasteiger partial charge in [-0.3, -0.25) is 4.79 Å². The van der Waals surface area contributed by atoms with E-state index < -0.39 is 0 Å². The van der Waals surface area contributed by atoms with Gasteiger partial charge in [-0.2, -0.15) is 0 Å². The minimum absolute atomic E-state index is 0. The topological polar surface area (TPSA) is 32.3 Å². The first kappa shape index (κ1) is 17.1. The van der Waals surface area contributed by atoms with Crippen LogP contribution in [-0.4, -0.2) is 37.0 Å². The van der Waals surface area contributed by atoms with Crippen molar-refractivity contribution in [1.29, 1.82) is 0 Å². The summed E-state index contributed by atoms with van der Waals surface area (Å²) in [6.45, 7) is 3.99. The Labute approximate surface area is 149 Å². The molecule has 3 fully saturated rings. The predicted molar refractivity (Wildman–Crippen MR) is 95.3 cm³/mol. The summed E-state index contributed by atoms with van der Waals surface area (Å²) >= 11 is 6.19. The van der Waals surface area contributed by atoms with E-state index in [1.807, 2.05) is 18.2 Å². The molecule has 1 saturated carbocycles. The zero-order valence-corrected chi connectivity index (χ0v) is 14.8. The zero-order valence-electron chi connectivity index (χ0n) is 13.3. The summed E-state index contributed by atoms with van der Waals surface area (Å²) < 4.78 is 0. The number of halogens is 2. The van der Waals surface area contributed by atoms with Crippen molar-refractivity contribution in [2.75, 3.05) is 26.2 Å². The van der Waals surface area contributed by atoms with E-state index >= 15 is 0 Å². The number of nitrogens with zero attached hydrogens (tertiary/aromatic N) is 1. The first-order chi connectivity index (χ1) is 10.7. The molecule has 1 aromatic carbocycles. The average Bonchev–Trinajstić information content (AvgIpc) is 3.22. The van der Waals surface area contributed by atoms with Crippen molar-refractivity contribution in [1.82, 2.24) is 10.2 Å². The molecule has 1 amide bonds. The lowest BCUT2D eigenvalue weighted by molar-refractivity contribution is -0.136. The summed E-state index contributed by atoms with van der Waals surface area (Å²) in [6.07, 6.45) is 4.22. The largest absolute Gasteiger partial charge is 0.341 e. The molecule has 1 aromatic rings. The fraction of sp³-hybridized carbons (Fsp3) is 0.611. The maximum absolute atomic E-state index is 13.4. The number of likely N-dealkylation sites (tertiary alicyclic amines) is 1. The van der Waals surface area contributed by atoms with E-state index in [-0.39, 0.29) is 17.8 Å². The Morgan fingerprint density at radius 2 is 1.83 bits per heavy atom. The minimum Gasteiger partial charge on any atom is -0.341 e. The third kappa shape index (κ3) is 2.88. The molecule has 0 radical (unpaired) electrons. The molecule has 5 heteroatoms. The van der Waals surface area contributed by atoms with Gasteiger partial charge in [-0.1, -0.05) is 36.6 Å². The Morgan fingerprint density at radius 1 is 1.17 bits per heavy atom. The second kappa shape index (κ2) is 6.62. The molecule has 0 unspecified atom stereocenters. The van der Waals surface area contributed by atoms with Crippen LogP contribution in [0, 0.1) is 11.8 Å². The van der Waals surface area contributed by atoms with E-state index in [0.717, 1.165) is 62.4 Å². The predicted octanol–water partition coefficient (Wildman–Crippen LogP) is 3.25. The number of rotatable bonds is 2. The summed E-state index contributed by atoms with van der Waals surface area (Å²) in [7, 11) is 0. The Hall–Kier alpha value is -0.770. The van der Waals surface area contributed by atoms with Crippen molar-refractivity contribution in [3.8, 4) is 0 Å². The van der Waals surface area contributed by atoms with Gasteiger partial charge in [0.05, 0.1) is 5.41 Å². The fourth-order valence-electron chi connectivity index (χ4n) is 4.71. The average molecular weight is 355 g/mol. The van der Waals surface area contributed by atoms with Crippen molar-refractivity contribution in [3.05, 3.63) is 34.9 Å². The van der Waals surface area contributed by atoms with E-state index in [0.29, 0.717) is 17.7 Å². The number of carbonyl (C=O) groups excluding carboxylic acids is 1. The molecule has 2 atom stereocenters. The molecule has 1 N–H and O–H groups in total. The molecule has 3 aliphatic rings. The highest BCUT2D eigenvalue weighted by molar-refractivity contribution is 6.30. The van der Waals surface area contributed by atoms with Gasteiger partial charge < -0.3 is 10.2 Å². The molecule has 0 bridgehead atoms. The van der Waals surface area contributed by atoms with Crippen molar-refractivity contribution in [2.45, 2.75) is 31.1 Å². The number of benzene rings is 1. The van der Waals surface area contributed by atoms with Gasteiger partial charge in [0, 0.05) is 31.2 Å². The Morgan fingerprint density at radius 3 is 2.43 bits per heavy atom. The lowest BCUT2D eigenvalue weighted by Gasteiger charge is -2.33. The highest BCUT2D eigenvalue weighted by Gasteiger charge is 2.48. The van der Waals surface area contributed by atoms with Gasteiger partial charge >= 0.3 is 0 Å². The van der Waals surface area contributed by atoms with Crippen LogP contribution in [0.15, 0.2) is 24.3 Å². The molecular weight excluding hydrogens is 331 g/mol. The number of carbonyl (C=O) groups is 1. The third-order valence-corrected chi connectivity index (χ3v) is 6.16. The Kier molecular flexibility index (Phi) is 4.91. The van der Waals surface area contributed by atoms with Gasteiger partial charge in [0.15, 0.2) is 0 Å². The standard InChI is InChI=1S/C18H23ClN2O.ClH/c19-16-5-3-4-15(8-16)18(6-1-2-7-18)17(22)21-11-13-9-20-10-14(13)12-21;/h3-5,8,13-14,20H,1-2,6-7,9-12H2;1H/t13-,14+;. The van der Waals surface area contributed by atoms with Gasteiger partial charge in [-0.05, 0) is 42.4 Å². The lowest BCUT2D eigenvalue weighted by atomic mass is 9.77. The second-order valence-corrected chi connectivity index (χ2v) is 7.62. The number of fused-ring (bicyclic) bond motifs is 1. The molecule has 23 heavy (non-hydrogen) atoms. The summed E-state index contributed by atoms with van der Waals surface area (Å²) in [5.74, 6) is 1.66. The molecule has 3 nitrogen and oxygen atoms in total. The summed E-state index contributed by atoms with van der Waals surface area (Å²) in [5.41, 5.74) is 0.800. The van der Waals surface area contributed by atoms with Crippen molar-refractivity contribution < 1.29 is 4.79 Å². The van der Waals surface area contributed by atoms with E-state index in [1.165, 1.54) is 0 Å². The molecule has 0 spiro atoms. The van der Waals surface area contributed by atoms with Gasteiger partial charge in [-0.15, -0.1) is 12.4 Å². The molecule has 2 saturated heterocycles. The molecule has 4 rings (SSSR count). The number of hydrogen-bond donors (Lipinski definition) is 1. The van der Waals surface area contributed by atoms with Crippen LogP contribution in [-0.2, 0) is 10.2 Å². The van der Waals surface area contributed by atoms with Crippen LogP contribution >= 0.6 is 24.0 Å². The normalized spacial score (nSPS) is 28.5. The van der Waals surface area contributed by atoms with Crippen LogP contribution < -0.4 is 5.32 Å². The maximum atomic E-state index is 13.4. The van der Waals surface area contributed by atoms with Gasteiger partial charge in [-0.25, -0.2) is 0 Å². The van der Waals surface area contributed by atoms with E-state index in [9.17, 15) is 4.79 Å². The Balaban J connectivity index is 0.00000156. The van der Waals surface area contributed by atoms with Crippen LogP contribution in [0.3, 0.4) is 0 Å². The fourth-order valence-corrected chi connectivity index (χ4v) is 4.90. The molecular formula is C18H24Cl2N2O. The highest BCUT2D eigenvalue weighted by atomic mass is 35.5. The van der Waals surface area contributed by atoms with E-state index in [1.54, 1.807) is 0 Å².